The number of methoxy groups -OCH3 is 1. The van der Waals surface area contributed by atoms with Gasteiger partial charge in [0, 0.05) is 13.7 Å². The van der Waals surface area contributed by atoms with Crippen molar-refractivity contribution in [2.24, 2.45) is 0 Å². The fraction of sp³-hybridized carbons (Fsp3) is 0.538. The summed E-state index contributed by atoms with van der Waals surface area (Å²) in [5, 5.41) is 0. The van der Waals surface area contributed by atoms with Crippen molar-refractivity contribution in [3.8, 4) is 5.75 Å². The van der Waals surface area contributed by atoms with E-state index in [1.165, 1.54) is 0 Å². The fourth-order valence-corrected chi connectivity index (χ4v) is 1.26. The summed E-state index contributed by atoms with van der Waals surface area (Å²) < 4.78 is 15.8. The van der Waals surface area contributed by atoms with Crippen molar-refractivity contribution in [1.29, 1.82) is 0 Å². The number of para-hydroxylation sites is 1. The minimum absolute atomic E-state index is 0.667. The minimum Gasteiger partial charge on any atom is -0.494 e. The molecule has 0 aliphatic carbocycles. The molecule has 0 unspecified atom stereocenters. The third-order valence-electron chi connectivity index (χ3n) is 2.13. The molecule has 0 atom stereocenters. The number of hydrogen-bond donors (Lipinski definition) is 0. The molecule has 0 bridgehead atoms. The van der Waals surface area contributed by atoms with Crippen LogP contribution in [0.3, 0.4) is 0 Å². The first-order valence-corrected chi connectivity index (χ1v) is 5.68. The molecule has 0 radical (unpaired) electrons. The van der Waals surface area contributed by atoms with Crippen molar-refractivity contribution >= 4 is 0 Å². The van der Waals surface area contributed by atoms with Crippen LogP contribution in [0, 0.1) is 0 Å². The summed E-state index contributed by atoms with van der Waals surface area (Å²) in [7, 11) is 1.68. The molecule has 0 amide bonds. The summed E-state index contributed by atoms with van der Waals surface area (Å²) in [4.78, 5) is 0. The molecular weight excluding hydrogens is 204 g/mol. The summed E-state index contributed by atoms with van der Waals surface area (Å²) in [6.45, 7) is 2.87. The zero-order valence-corrected chi connectivity index (χ0v) is 9.85. The highest BCUT2D eigenvalue weighted by Gasteiger charge is 1.92. The number of benzene rings is 1. The largest absolute Gasteiger partial charge is 0.494 e. The molecule has 3 heteroatoms. The lowest BCUT2D eigenvalue weighted by Gasteiger charge is -2.06. The van der Waals surface area contributed by atoms with E-state index in [9.17, 15) is 0 Å². The normalized spacial score (nSPS) is 10.3. The molecule has 16 heavy (non-hydrogen) atoms. The molecule has 0 heterocycles. The van der Waals surface area contributed by atoms with Gasteiger partial charge in [-0.25, -0.2) is 0 Å². The molecule has 1 aromatic carbocycles. The number of rotatable bonds is 9. The highest BCUT2D eigenvalue weighted by Crippen LogP contribution is 2.08. The summed E-state index contributed by atoms with van der Waals surface area (Å²) in [5.74, 6) is 0.933. The smallest absolute Gasteiger partial charge is 0.119 e. The SMILES string of the molecule is COCCOCCCCOc1ccccc1. The Hall–Kier alpha value is -1.06. The summed E-state index contributed by atoms with van der Waals surface area (Å²) >= 11 is 0. The molecule has 3 nitrogen and oxygen atoms in total. The number of hydrogen-bond acceptors (Lipinski definition) is 3. The van der Waals surface area contributed by atoms with E-state index in [1.807, 2.05) is 30.3 Å². The Morgan fingerprint density at radius 3 is 2.38 bits per heavy atom. The maximum absolute atomic E-state index is 5.55. The highest BCUT2D eigenvalue weighted by molar-refractivity contribution is 5.20. The van der Waals surface area contributed by atoms with Crippen LogP contribution in [0.2, 0.25) is 0 Å². The van der Waals surface area contributed by atoms with Gasteiger partial charge in [-0.2, -0.15) is 0 Å². The van der Waals surface area contributed by atoms with Gasteiger partial charge < -0.3 is 14.2 Å². The molecule has 0 N–H and O–H groups in total. The van der Waals surface area contributed by atoms with Gasteiger partial charge in [-0.05, 0) is 25.0 Å². The van der Waals surface area contributed by atoms with Crippen LogP contribution in [0.4, 0.5) is 0 Å². The average Bonchev–Trinajstić information content (AvgIpc) is 2.34. The van der Waals surface area contributed by atoms with Crippen molar-refractivity contribution in [2.45, 2.75) is 12.8 Å². The third-order valence-corrected chi connectivity index (χ3v) is 2.13. The molecule has 1 aromatic rings. The van der Waals surface area contributed by atoms with Crippen LogP contribution in [0.15, 0.2) is 30.3 Å². The predicted molar refractivity (Wildman–Crippen MR) is 63.9 cm³/mol. The van der Waals surface area contributed by atoms with Crippen LogP contribution < -0.4 is 4.74 Å². The molecule has 0 saturated carbocycles. The number of ether oxygens (including phenoxy) is 3. The first kappa shape index (κ1) is 13.0. The maximum atomic E-state index is 5.55. The molecule has 0 aliphatic rings. The molecule has 0 spiro atoms. The summed E-state index contributed by atoms with van der Waals surface area (Å²) in [6, 6.07) is 9.87. The van der Waals surface area contributed by atoms with Crippen LogP contribution in [0.1, 0.15) is 12.8 Å². The van der Waals surface area contributed by atoms with Gasteiger partial charge >= 0.3 is 0 Å². The van der Waals surface area contributed by atoms with E-state index in [4.69, 9.17) is 14.2 Å². The van der Waals surface area contributed by atoms with Crippen molar-refractivity contribution in [3.05, 3.63) is 30.3 Å². The second kappa shape index (κ2) is 9.19. The van der Waals surface area contributed by atoms with E-state index >= 15 is 0 Å². The highest BCUT2D eigenvalue weighted by atomic mass is 16.5. The Labute approximate surface area is 97.3 Å². The van der Waals surface area contributed by atoms with Crippen LogP contribution in [-0.2, 0) is 9.47 Å². The Morgan fingerprint density at radius 1 is 0.875 bits per heavy atom. The number of unbranched alkanes of at least 4 members (excludes halogenated alkanes) is 1. The lowest BCUT2D eigenvalue weighted by molar-refractivity contribution is 0.0674. The Kier molecular flexibility index (Phi) is 7.47. The topological polar surface area (TPSA) is 27.7 Å². The van der Waals surface area contributed by atoms with Gasteiger partial charge in [0.25, 0.3) is 0 Å². The predicted octanol–water partition coefficient (Wildman–Crippen LogP) is 2.51. The molecule has 0 fully saturated rings. The van der Waals surface area contributed by atoms with Crippen molar-refractivity contribution in [1.82, 2.24) is 0 Å². The molecule has 90 valence electrons. The lowest BCUT2D eigenvalue weighted by atomic mass is 10.3. The van der Waals surface area contributed by atoms with Crippen LogP contribution in [-0.4, -0.2) is 33.5 Å². The Bertz CT molecular complexity index is 249. The Morgan fingerprint density at radius 2 is 1.62 bits per heavy atom. The average molecular weight is 224 g/mol. The Balaban J connectivity index is 1.89. The van der Waals surface area contributed by atoms with E-state index in [1.54, 1.807) is 7.11 Å². The minimum atomic E-state index is 0.667. The summed E-state index contributed by atoms with van der Waals surface area (Å²) in [6.07, 6.45) is 2.04. The maximum Gasteiger partial charge on any atom is 0.119 e. The second-order valence-electron chi connectivity index (χ2n) is 3.47. The monoisotopic (exact) mass is 224 g/mol. The zero-order valence-electron chi connectivity index (χ0n) is 9.85. The van der Waals surface area contributed by atoms with E-state index < -0.39 is 0 Å². The van der Waals surface area contributed by atoms with Gasteiger partial charge in [0.05, 0.1) is 19.8 Å². The van der Waals surface area contributed by atoms with Crippen molar-refractivity contribution in [3.63, 3.8) is 0 Å². The van der Waals surface area contributed by atoms with Gasteiger partial charge in [0.2, 0.25) is 0 Å². The first-order valence-electron chi connectivity index (χ1n) is 5.68. The molecular formula is C13H20O3. The van der Waals surface area contributed by atoms with Crippen molar-refractivity contribution in [2.75, 3.05) is 33.5 Å². The van der Waals surface area contributed by atoms with E-state index in [0.717, 1.165) is 31.8 Å². The standard InChI is InChI=1S/C13H20O3/c1-14-11-12-15-9-5-6-10-16-13-7-3-2-4-8-13/h2-4,7-8H,5-6,9-12H2,1H3. The first-order chi connectivity index (χ1) is 7.93. The quantitative estimate of drug-likeness (QED) is 0.603. The van der Waals surface area contributed by atoms with Crippen LogP contribution in [0.5, 0.6) is 5.75 Å². The van der Waals surface area contributed by atoms with E-state index in [2.05, 4.69) is 0 Å². The molecule has 0 aromatic heterocycles. The van der Waals surface area contributed by atoms with Gasteiger partial charge in [0.15, 0.2) is 0 Å². The van der Waals surface area contributed by atoms with Gasteiger partial charge in [-0.1, -0.05) is 18.2 Å². The lowest BCUT2D eigenvalue weighted by Crippen LogP contribution is -2.04. The van der Waals surface area contributed by atoms with E-state index in [-0.39, 0.29) is 0 Å². The van der Waals surface area contributed by atoms with E-state index in [0.29, 0.717) is 13.2 Å². The third kappa shape index (κ3) is 6.43. The molecule has 0 saturated heterocycles. The zero-order chi connectivity index (χ0) is 11.5. The molecule has 0 aliphatic heterocycles. The van der Waals surface area contributed by atoms with Crippen LogP contribution in [0.25, 0.3) is 0 Å². The van der Waals surface area contributed by atoms with Crippen LogP contribution >= 0.6 is 0 Å². The fourth-order valence-electron chi connectivity index (χ4n) is 1.26. The van der Waals surface area contributed by atoms with Crippen molar-refractivity contribution < 1.29 is 14.2 Å². The summed E-state index contributed by atoms with van der Waals surface area (Å²) in [5.41, 5.74) is 0. The second-order valence-corrected chi connectivity index (χ2v) is 3.47. The van der Waals surface area contributed by atoms with Gasteiger partial charge in [0.1, 0.15) is 5.75 Å². The molecule has 1 rings (SSSR count). The van der Waals surface area contributed by atoms with Gasteiger partial charge in [-0.15, -0.1) is 0 Å². The van der Waals surface area contributed by atoms with Gasteiger partial charge in [-0.3, -0.25) is 0 Å².